The van der Waals surface area contributed by atoms with Crippen molar-refractivity contribution < 1.29 is 0 Å². The number of rotatable bonds is 7. The largest absolute Gasteiger partial charge is 0.369 e. The van der Waals surface area contributed by atoms with Crippen LogP contribution >= 0.6 is 0 Å². The summed E-state index contributed by atoms with van der Waals surface area (Å²) in [6.45, 7) is 10.9. The molecule has 2 aliphatic rings. The van der Waals surface area contributed by atoms with Crippen molar-refractivity contribution in [2.45, 2.75) is 25.9 Å². The van der Waals surface area contributed by atoms with E-state index in [0.717, 1.165) is 73.8 Å². The summed E-state index contributed by atoms with van der Waals surface area (Å²) in [4.78, 5) is 23.3. The summed E-state index contributed by atoms with van der Waals surface area (Å²) < 4.78 is 2.08. The van der Waals surface area contributed by atoms with Gasteiger partial charge >= 0.3 is 0 Å². The Hall–Kier alpha value is -3.76. The zero-order chi connectivity index (χ0) is 24.5. The number of anilines is 5. The molecule has 0 amide bonds. The molecule has 0 saturated carbocycles. The van der Waals surface area contributed by atoms with Gasteiger partial charge in [0.1, 0.15) is 5.52 Å². The number of pyridine rings is 1. The summed E-state index contributed by atoms with van der Waals surface area (Å²) in [6, 6.07) is 13.3. The van der Waals surface area contributed by atoms with Crippen molar-refractivity contribution in [3.05, 3.63) is 55.0 Å². The topological polar surface area (TPSA) is 99.1 Å². The van der Waals surface area contributed by atoms with E-state index in [1.165, 1.54) is 5.69 Å². The molecular weight excluding hydrogens is 452 g/mol. The van der Waals surface area contributed by atoms with Gasteiger partial charge in [-0.25, -0.2) is 9.97 Å². The molecule has 0 bridgehead atoms. The van der Waals surface area contributed by atoms with Crippen molar-refractivity contribution >= 4 is 40.1 Å². The van der Waals surface area contributed by atoms with Crippen molar-refractivity contribution in [2.24, 2.45) is 0 Å². The average molecular weight is 485 g/mol. The molecule has 186 valence electrons. The van der Waals surface area contributed by atoms with Crippen LogP contribution in [-0.2, 0) is 0 Å². The van der Waals surface area contributed by atoms with Gasteiger partial charge in [-0.2, -0.15) is 4.98 Å². The van der Waals surface area contributed by atoms with Gasteiger partial charge in [0.05, 0.1) is 18.1 Å². The van der Waals surface area contributed by atoms with Crippen LogP contribution in [0.5, 0.6) is 0 Å². The second kappa shape index (κ2) is 9.71. The number of hydrogen-bond acceptors (Lipinski definition) is 9. The highest BCUT2D eigenvalue weighted by Crippen LogP contribution is 2.27. The number of aromatic nitrogens is 5. The summed E-state index contributed by atoms with van der Waals surface area (Å²) in [5, 5.41) is 10.1. The highest BCUT2D eigenvalue weighted by Gasteiger charge is 2.27. The Morgan fingerprint density at radius 1 is 0.917 bits per heavy atom. The standard InChI is InChI=1S/C26H32N10/c1-18(2)36-24-23(32-26(36)31-20-4-3-9-27-14-20)17-29-25(33-24)30-19-5-7-21(8-6-19)34-10-12-35(13-11-34)22-15-28-16-22/h3-9,14,17-18,22,28H,10-13,15-16H2,1-2H3,(H,31,32)(H,29,30,33). The van der Waals surface area contributed by atoms with E-state index < -0.39 is 0 Å². The Kier molecular flexibility index (Phi) is 6.12. The first-order chi connectivity index (χ1) is 17.6. The molecule has 0 atom stereocenters. The lowest BCUT2D eigenvalue weighted by Gasteiger charge is -2.43. The van der Waals surface area contributed by atoms with Gasteiger partial charge in [0.15, 0.2) is 5.65 Å². The van der Waals surface area contributed by atoms with Crippen molar-refractivity contribution in [3.8, 4) is 0 Å². The Morgan fingerprint density at radius 3 is 2.39 bits per heavy atom. The third-order valence-electron chi connectivity index (χ3n) is 6.95. The smallest absolute Gasteiger partial charge is 0.229 e. The molecule has 6 rings (SSSR count). The lowest BCUT2D eigenvalue weighted by Crippen LogP contribution is -2.61. The van der Waals surface area contributed by atoms with Gasteiger partial charge in [-0.1, -0.05) is 0 Å². The van der Waals surface area contributed by atoms with E-state index in [0.29, 0.717) is 5.95 Å². The third-order valence-corrected chi connectivity index (χ3v) is 6.95. The van der Waals surface area contributed by atoms with Gasteiger partial charge in [-0.15, -0.1) is 0 Å². The van der Waals surface area contributed by atoms with Gasteiger partial charge in [-0.05, 0) is 50.2 Å². The third kappa shape index (κ3) is 4.57. The van der Waals surface area contributed by atoms with Gasteiger partial charge < -0.3 is 20.9 Å². The van der Waals surface area contributed by atoms with Crippen LogP contribution in [0.15, 0.2) is 55.0 Å². The molecule has 3 aromatic heterocycles. The Morgan fingerprint density at radius 2 is 1.72 bits per heavy atom. The average Bonchev–Trinajstić information content (AvgIpc) is 3.22. The first-order valence-electron chi connectivity index (χ1n) is 12.6. The van der Waals surface area contributed by atoms with Crippen molar-refractivity contribution in [1.29, 1.82) is 0 Å². The van der Waals surface area contributed by atoms with Gasteiger partial charge in [0.25, 0.3) is 0 Å². The number of nitrogens with one attached hydrogen (secondary N) is 3. The molecule has 0 aliphatic carbocycles. The monoisotopic (exact) mass is 484 g/mol. The number of benzene rings is 1. The minimum Gasteiger partial charge on any atom is -0.369 e. The summed E-state index contributed by atoms with van der Waals surface area (Å²) in [6.07, 6.45) is 5.29. The lowest BCUT2D eigenvalue weighted by atomic mass is 10.1. The van der Waals surface area contributed by atoms with E-state index in [-0.39, 0.29) is 6.04 Å². The molecule has 1 aromatic carbocycles. The second-order valence-corrected chi connectivity index (χ2v) is 9.68. The normalized spacial score (nSPS) is 16.9. The fourth-order valence-corrected chi connectivity index (χ4v) is 4.86. The molecule has 0 unspecified atom stereocenters. The van der Waals surface area contributed by atoms with Crippen LogP contribution in [0.4, 0.5) is 29.0 Å². The molecule has 0 spiro atoms. The summed E-state index contributed by atoms with van der Waals surface area (Å²) in [5.74, 6) is 1.27. The zero-order valence-electron chi connectivity index (χ0n) is 20.7. The zero-order valence-corrected chi connectivity index (χ0v) is 20.7. The van der Waals surface area contributed by atoms with Crippen molar-refractivity contribution in [2.75, 3.05) is 54.8 Å². The first kappa shape index (κ1) is 22.7. The van der Waals surface area contributed by atoms with E-state index in [1.54, 1.807) is 18.6 Å². The quantitative estimate of drug-likeness (QED) is 0.365. The van der Waals surface area contributed by atoms with Crippen molar-refractivity contribution in [1.82, 2.24) is 34.7 Å². The number of piperazine rings is 1. The minimum atomic E-state index is 0.164. The van der Waals surface area contributed by atoms with Gasteiger partial charge in [-0.3, -0.25) is 14.5 Å². The number of imidazole rings is 1. The predicted molar refractivity (Wildman–Crippen MR) is 143 cm³/mol. The SMILES string of the molecule is CC(C)n1c(Nc2cccnc2)nc2cnc(Nc3ccc(N4CCN(C5CNC5)CC4)cc3)nc21. The summed E-state index contributed by atoms with van der Waals surface area (Å²) >= 11 is 0. The van der Waals surface area contributed by atoms with E-state index in [1.807, 2.05) is 12.1 Å². The number of fused-ring (bicyclic) bond motifs is 1. The molecule has 2 aliphatic heterocycles. The van der Waals surface area contributed by atoms with E-state index in [9.17, 15) is 0 Å². The molecule has 0 radical (unpaired) electrons. The van der Waals surface area contributed by atoms with Gasteiger partial charge in [0.2, 0.25) is 11.9 Å². The van der Waals surface area contributed by atoms with Crippen molar-refractivity contribution in [3.63, 3.8) is 0 Å². The Labute approximate surface area is 210 Å². The number of nitrogens with zero attached hydrogens (tertiary/aromatic N) is 7. The highest BCUT2D eigenvalue weighted by atomic mass is 15.3. The van der Waals surface area contributed by atoms with E-state index >= 15 is 0 Å². The molecule has 5 heterocycles. The molecule has 4 aromatic rings. The summed E-state index contributed by atoms with van der Waals surface area (Å²) in [5.41, 5.74) is 4.62. The molecule has 3 N–H and O–H groups in total. The fourth-order valence-electron chi connectivity index (χ4n) is 4.86. The molecule has 36 heavy (non-hydrogen) atoms. The van der Waals surface area contributed by atoms with Crippen LogP contribution in [0.3, 0.4) is 0 Å². The lowest BCUT2D eigenvalue weighted by molar-refractivity contribution is 0.138. The Balaban J connectivity index is 1.16. The van der Waals surface area contributed by atoms with Crippen LogP contribution in [0, 0.1) is 0 Å². The maximum Gasteiger partial charge on any atom is 0.229 e. The Bertz CT molecular complexity index is 1310. The maximum atomic E-state index is 4.81. The van der Waals surface area contributed by atoms with E-state index in [2.05, 4.69) is 78.4 Å². The molecule has 10 nitrogen and oxygen atoms in total. The van der Waals surface area contributed by atoms with E-state index in [4.69, 9.17) is 9.97 Å². The van der Waals surface area contributed by atoms with Crippen LogP contribution in [0.25, 0.3) is 11.2 Å². The minimum absolute atomic E-state index is 0.164. The highest BCUT2D eigenvalue weighted by molar-refractivity contribution is 5.77. The van der Waals surface area contributed by atoms with Gasteiger partial charge in [0, 0.05) is 68.9 Å². The predicted octanol–water partition coefficient (Wildman–Crippen LogP) is 3.38. The number of hydrogen-bond donors (Lipinski definition) is 3. The van der Waals surface area contributed by atoms with Crippen LogP contribution in [0.2, 0.25) is 0 Å². The first-order valence-corrected chi connectivity index (χ1v) is 12.6. The van der Waals surface area contributed by atoms with Crippen LogP contribution in [-0.4, -0.2) is 74.7 Å². The fraction of sp³-hybridized carbons (Fsp3) is 0.385. The maximum absolute atomic E-state index is 4.81. The molecular formula is C26H32N10. The van der Waals surface area contributed by atoms with Crippen LogP contribution < -0.4 is 20.9 Å². The summed E-state index contributed by atoms with van der Waals surface area (Å²) in [7, 11) is 0. The second-order valence-electron chi connectivity index (χ2n) is 9.68. The molecule has 2 saturated heterocycles. The van der Waals surface area contributed by atoms with Crippen LogP contribution in [0.1, 0.15) is 19.9 Å². The molecule has 10 heteroatoms. The molecule has 2 fully saturated rings.